The van der Waals surface area contributed by atoms with E-state index in [-0.39, 0.29) is 6.04 Å². The maximum Gasteiger partial charge on any atom is 0.0272 e. The van der Waals surface area contributed by atoms with E-state index in [1.807, 2.05) is 19.1 Å². The molecule has 0 amide bonds. The van der Waals surface area contributed by atoms with Crippen LogP contribution < -0.4 is 5.73 Å². The maximum atomic E-state index is 5.91. The van der Waals surface area contributed by atoms with Gasteiger partial charge < -0.3 is 5.73 Å². The molecule has 2 aromatic carbocycles. The second kappa shape index (κ2) is 3.71. The van der Waals surface area contributed by atoms with Crippen molar-refractivity contribution in [3.63, 3.8) is 0 Å². The van der Waals surface area contributed by atoms with E-state index in [0.29, 0.717) is 0 Å². The summed E-state index contributed by atoms with van der Waals surface area (Å²) in [5, 5.41) is 2.46. The van der Waals surface area contributed by atoms with Gasteiger partial charge in [0.1, 0.15) is 0 Å². The molecule has 0 unspecified atom stereocenters. The molecule has 1 atom stereocenters. The number of fused-ring (bicyclic) bond motifs is 1. The van der Waals surface area contributed by atoms with Crippen LogP contribution in [0.4, 0.5) is 0 Å². The van der Waals surface area contributed by atoms with E-state index >= 15 is 0 Å². The Bertz CT molecular complexity index is 463. The molecule has 0 fully saturated rings. The molecule has 0 saturated heterocycles. The van der Waals surface area contributed by atoms with Crippen molar-refractivity contribution in [3.05, 3.63) is 46.4 Å². The summed E-state index contributed by atoms with van der Waals surface area (Å²) in [5.74, 6) is 0. The van der Waals surface area contributed by atoms with E-state index in [1.165, 1.54) is 16.3 Å². The summed E-state index contributed by atoms with van der Waals surface area (Å²) in [4.78, 5) is 0. The third kappa shape index (κ3) is 1.56. The van der Waals surface area contributed by atoms with Gasteiger partial charge in [-0.3, -0.25) is 0 Å². The first kappa shape index (κ1) is 9.69. The molecule has 2 aromatic rings. The summed E-state index contributed by atoms with van der Waals surface area (Å²) in [7, 11) is 0. The van der Waals surface area contributed by atoms with Crippen molar-refractivity contribution in [2.45, 2.75) is 13.0 Å². The van der Waals surface area contributed by atoms with E-state index in [4.69, 9.17) is 5.73 Å². The molecule has 72 valence electrons. The second-order valence-electron chi connectivity index (χ2n) is 3.47. The minimum absolute atomic E-state index is 0.0769. The molecule has 0 aromatic heterocycles. The van der Waals surface area contributed by atoms with Crippen molar-refractivity contribution in [3.8, 4) is 0 Å². The second-order valence-corrected chi connectivity index (χ2v) is 4.33. The molecule has 0 aliphatic heterocycles. The number of halogens is 1. The normalized spacial score (nSPS) is 13.1. The molecule has 0 radical (unpaired) electrons. The highest BCUT2D eigenvalue weighted by atomic mass is 79.9. The van der Waals surface area contributed by atoms with Crippen molar-refractivity contribution in [1.82, 2.24) is 0 Å². The van der Waals surface area contributed by atoms with E-state index in [0.717, 1.165) is 4.47 Å². The first-order chi connectivity index (χ1) is 6.70. The van der Waals surface area contributed by atoms with Crippen LogP contribution in [0.1, 0.15) is 18.5 Å². The Morgan fingerprint density at radius 3 is 2.36 bits per heavy atom. The van der Waals surface area contributed by atoms with Crippen molar-refractivity contribution >= 4 is 26.7 Å². The Hall–Kier alpha value is -0.860. The summed E-state index contributed by atoms with van der Waals surface area (Å²) in [6.45, 7) is 2.01. The molecule has 2 rings (SSSR count). The van der Waals surface area contributed by atoms with Gasteiger partial charge in [-0.1, -0.05) is 46.3 Å². The molecule has 14 heavy (non-hydrogen) atoms. The molecule has 0 spiro atoms. The van der Waals surface area contributed by atoms with Gasteiger partial charge in [0.15, 0.2) is 0 Å². The fourth-order valence-corrected chi connectivity index (χ4v) is 2.16. The fraction of sp³-hybridized carbons (Fsp3) is 0.167. The van der Waals surface area contributed by atoms with E-state index in [2.05, 4.69) is 40.2 Å². The van der Waals surface area contributed by atoms with Gasteiger partial charge in [-0.25, -0.2) is 0 Å². The Morgan fingerprint density at radius 2 is 1.71 bits per heavy atom. The molecule has 0 aliphatic rings. The Labute approximate surface area is 92.1 Å². The highest BCUT2D eigenvalue weighted by molar-refractivity contribution is 9.10. The van der Waals surface area contributed by atoms with Crippen LogP contribution in [0.15, 0.2) is 40.9 Å². The van der Waals surface area contributed by atoms with Crippen LogP contribution in [0.25, 0.3) is 10.8 Å². The van der Waals surface area contributed by atoms with Crippen molar-refractivity contribution in [1.29, 1.82) is 0 Å². The summed E-state index contributed by atoms with van der Waals surface area (Å²) in [6, 6.07) is 12.5. The highest BCUT2D eigenvalue weighted by Crippen LogP contribution is 2.29. The SMILES string of the molecule is C[C@H](N)c1ccc(Br)c2ccccc12. The van der Waals surface area contributed by atoms with Crippen molar-refractivity contribution < 1.29 is 0 Å². The number of hydrogen-bond acceptors (Lipinski definition) is 1. The van der Waals surface area contributed by atoms with Crippen LogP contribution in [0.2, 0.25) is 0 Å². The lowest BCUT2D eigenvalue weighted by atomic mass is 10.0. The summed E-state index contributed by atoms with van der Waals surface area (Å²) < 4.78 is 1.12. The van der Waals surface area contributed by atoms with Gasteiger partial charge >= 0.3 is 0 Å². The fourth-order valence-electron chi connectivity index (χ4n) is 1.68. The van der Waals surface area contributed by atoms with Crippen LogP contribution in [-0.2, 0) is 0 Å². The van der Waals surface area contributed by atoms with Gasteiger partial charge in [-0.15, -0.1) is 0 Å². The molecule has 2 N–H and O–H groups in total. The molecular weight excluding hydrogens is 238 g/mol. The lowest BCUT2D eigenvalue weighted by molar-refractivity contribution is 0.826. The molecule has 0 aliphatic carbocycles. The summed E-state index contributed by atoms with van der Waals surface area (Å²) in [6.07, 6.45) is 0. The van der Waals surface area contributed by atoms with Crippen LogP contribution >= 0.6 is 15.9 Å². The van der Waals surface area contributed by atoms with Crippen LogP contribution in [-0.4, -0.2) is 0 Å². The Kier molecular flexibility index (Phi) is 2.57. The number of benzene rings is 2. The van der Waals surface area contributed by atoms with Gasteiger partial charge in [0.2, 0.25) is 0 Å². The Balaban J connectivity index is 2.82. The van der Waals surface area contributed by atoms with Gasteiger partial charge in [-0.2, -0.15) is 0 Å². The zero-order valence-electron chi connectivity index (χ0n) is 8.00. The third-order valence-electron chi connectivity index (χ3n) is 2.40. The standard InChI is InChI=1S/C12H12BrN/c1-8(14)9-6-7-12(13)11-5-3-2-4-10(9)11/h2-8H,14H2,1H3/t8-/m0/s1. The molecule has 0 saturated carbocycles. The predicted octanol–water partition coefficient (Wildman–Crippen LogP) is 3.62. The van der Waals surface area contributed by atoms with E-state index in [9.17, 15) is 0 Å². The van der Waals surface area contributed by atoms with Gasteiger partial charge in [0.25, 0.3) is 0 Å². The zero-order valence-corrected chi connectivity index (χ0v) is 9.58. The van der Waals surface area contributed by atoms with Crippen LogP contribution in [0, 0.1) is 0 Å². The lowest BCUT2D eigenvalue weighted by Crippen LogP contribution is -2.05. The first-order valence-electron chi connectivity index (χ1n) is 4.63. The van der Waals surface area contributed by atoms with Crippen LogP contribution in [0.3, 0.4) is 0 Å². The number of nitrogens with two attached hydrogens (primary N) is 1. The monoisotopic (exact) mass is 249 g/mol. The Morgan fingerprint density at radius 1 is 1.07 bits per heavy atom. The highest BCUT2D eigenvalue weighted by Gasteiger charge is 2.06. The average Bonchev–Trinajstić information content (AvgIpc) is 2.18. The molecular formula is C12H12BrN. The minimum atomic E-state index is 0.0769. The third-order valence-corrected chi connectivity index (χ3v) is 3.09. The molecule has 0 bridgehead atoms. The number of rotatable bonds is 1. The van der Waals surface area contributed by atoms with E-state index < -0.39 is 0 Å². The van der Waals surface area contributed by atoms with Crippen molar-refractivity contribution in [2.24, 2.45) is 5.73 Å². The van der Waals surface area contributed by atoms with Crippen molar-refractivity contribution in [2.75, 3.05) is 0 Å². The molecule has 1 nitrogen and oxygen atoms in total. The van der Waals surface area contributed by atoms with E-state index in [1.54, 1.807) is 0 Å². The molecule has 0 heterocycles. The van der Waals surface area contributed by atoms with Crippen LogP contribution in [0.5, 0.6) is 0 Å². The topological polar surface area (TPSA) is 26.0 Å². The predicted molar refractivity (Wildman–Crippen MR) is 64.3 cm³/mol. The zero-order chi connectivity index (χ0) is 10.1. The largest absolute Gasteiger partial charge is 0.324 e. The number of hydrogen-bond donors (Lipinski definition) is 1. The summed E-state index contributed by atoms with van der Waals surface area (Å²) >= 11 is 3.54. The lowest BCUT2D eigenvalue weighted by Gasteiger charge is -2.10. The summed E-state index contributed by atoms with van der Waals surface area (Å²) in [5.41, 5.74) is 7.11. The maximum absolute atomic E-state index is 5.91. The average molecular weight is 250 g/mol. The van der Waals surface area contributed by atoms with Gasteiger partial charge in [-0.05, 0) is 29.3 Å². The smallest absolute Gasteiger partial charge is 0.0272 e. The van der Waals surface area contributed by atoms with Gasteiger partial charge in [0.05, 0.1) is 0 Å². The minimum Gasteiger partial charge on any atom is -0.324 e. The first-order valence-corrected chi connectivity index (χ1v) is 5.42. The molecule has 2 heteroatoms. The van der Waals surface area contributed by atoms with Gasteiger partial charge in [0, 0.05) is 10.5 Å². The quantitative estimate of drug-likeness (QED) is 0.821.